The summed E-state index contributed by atoms with van der Waals surface area (Å²) in [6, 6.07) is 15.5. The predicted octanol–water partition coefficient (Wildman–Crippen LogP) is 3.24. The number of anilines is 1. The molecule has 3 rings (SSSR count). The van der Waals surface area contributed by atoms with Crippen molar-refractivity contribution in [3.63, 3.8) is 0 Å². The molecule has 0 saturated carbocycles. The van der Waals surface area contributed by atoms with E-state index in [-0.39, 0.29) is 18.4 Å². The van der Waals surface area contributed by atoms with Crippen LogP contribution in [0.4, 0.5) is 5.69 Å². The van der Waals surface area contributed by atoms with Crippen molar-refractivity contribution in [2.45, 2.75) is 31.8 Å². The highest BCUT2D eigenvalue weighted by Gasteiger charge is 2.26. The lowest BCUT2D eigenvalue weighted by atomic mass is 9.82. The highest BCUT2D eigenvalue weighted by Crippen LogP contribution is 2.32. The zero-order valence-electron chi connectivity index (χ0n) is 11.9. The summed E-state index contributed by atoms with van der Waals surface area (Å²) in [6.07, 6.45) is 3.02. The zero-order valence-corrected chi connectivity index (χ0v) is 11.9. The molecule has 2 aromatic rings. The van der Waals surface area contributed by atoms with E-state index in [1.54, 1.807) is 0 Å². The van der Waals surface area contributed by atoms with E-state index in [2.05, 4.69) is 17.4 Å². The summed E-state index contributed by atoms with van der Waals surface area (Å²) in [5.74, 6) is -0.00799. The van der Waals surface area contributed by atoms with E-state index in [0.29, 0.717) is 0 Å². The van der Waals surface area contributed by atoms with Crippen molar-refractivity contribution < 1.29 is 9.90 Å². The predicted molar refractivity (Wildman–Crippen MR) is 83.1 cm³/mol. The van der Waals surface area contributed by atoms with Gasteiger partial charge in [0.25, 0.3) is 0 Å². The molecule has 0 radical (unpaired) electrons. The van der Waals surface area contributed by atoms with E-state index in [1.807, 2.05) is 36.4 Å². The molecular formula is C18H19NO2. The van der Waals surface area contributed by atoms with Crippen molar-refractivity contribution in [1.82, 2.24) is 0 Å². The number of benzene rings is 2. The van der Waals surface area contributed by atoms with Gasteiger partial charge in [0.1, 0.15) is 0 Å². The van der Waals surface area contributed by atoms with Gasteiger partial charge in [0.2, 0.25) is 5.91 Å². The SMILES string of the molecule is O=C(Nc1ccc(CO)cc1)C1CCCc2ccccc21. The first-order valence-electron chi connectivity index (χ1n) is 7.36. The number of fused-ring (bicyclic) bond motifs is 1. The molecular weight excluding hydrogens is 262 g/mol. The Kier molecular flexibility index (Phi) is 4.02. The summed E-state index contributed by atoms with van der Waals surface area (Å²) in [4.78, 5) is 12.5. The van der Waals surface area contributed by atoms with Gasteiger partial charge in [0.15, 0.2) is 0 Å². The molecule has 1 unspecified atom stereocenters. The maximum atomic E-state index is 12.5. The lowest BCUT2D eigenvalue weighted by Crippen LogP contribution is -2.24. The van der Waals surface area contributed by atoms with E-state index in [0.717, 1.165) is 36.1 Å². The largest absolute Gasteiger partial charge is 0.392 e. The summed E-state index contributed by atoms with van der Waals surface area (Å²) < 4.78 is 0. The molecule has 1 amide bonds. The van der Waals surface area contributed by atoms with Gasteiger partial charge >= 0.3 is 0 Å². The lowest BCUT2D eigenvalue weighted by Gasteiger charge is -2.24. The van der Waals surface area contributed by atoms with Gasteiger partial charge in [-0.2, -0.15) is 0 Å². The number of amides is 1. The second kappa shape index (κ2) is 6.10. The van der Waals surface area contributed by atoms with Crippen LogP contribution in [-0.4, -0.2) is 11.0 Å². The molecule has 108 valence electrons. The van der Waals surface area contributed by atoms with Crippen molar-refractivity contribution in [3.8, 4) is 0 Å². The average Bonchev–Trinajstić information content (AvgIpc) is 2.55. The van der Waals surface area contributed by atoms with Crippen molar-refractivity contribution >= 4 is 11.6 Å². The molecule has 0 spiro atoms. The van der Waals surface area contributed by atoms with Crippen molar-refractivity contribution in [3.05, 3.63) is 65.2 Å². The number of rotatable bonds is 3. The monoisotopic (exact) mass is 281 g/mol. The van der Waals surface area contributed by atoms with Gasteiger partial charge < -0.3 is 10.4 Å². The van der Waals surface area contributed by atoms with Crippen molar-refractivity contribution in [1.29, 1.82) is 0 Å². The minimum atomic E-state index is -0.0625. The van der Waals surface area contributed by atoms with Crippen LogP contribution in [0.2, 0.25) is 0 Å². The Balaban J connectivity index is 1.76. The summed E-state index contributed by atoms with van der Waals surface area (Å²) in [7, 11) is 0. The van der Waals surface area contributed by atoms with Crippen molar-refractivity contribution in [2.75, 3.05) is 5.32 Å². The second-order valence-electron chi connectivity index (χ2n) is 5.49. The molecule has 0 aliphatic heterocycles. The smallest absolute Gasteiger partial charge is 0.231 e. The maximum Gasteiger partial charge on any atom is 0.231 e. The number of aliphatic hydroxyl groups excluding tert-OH is 1. The first kappa shape index (κ1) is 13.8. The lowest BCUT2D eigenvalue weighted by molar-refractivity contribution is -0.117. The molecule has 0 bridgehead atoms. The van der Waals surface area contributed by atoms with Gasteiger partial charge in [-0.1, -0.05) is 36.4 Å². The number of aryl methyl sites for hydroxylation is 1. The fourth-order valence-electron chi connectivity index (χ4n) is 2.95. The highest BCUT2D eigenvalue weighted by molar-refractivity contribution is 5.96. The van der Waals surface area contributed by atoms with Crippen LogP contribution in [0.1, 0.15) is 35.4 Å². The minimum absolute atomic E-state index is 0.0181. The number of hydrogen-bond donors (Lipinski definition) is 2. The molecule has 1 atom stereocenters. The Hall–Kier alpha value is -2.13. The Labute approximate surface area is 124 Å². The Morgan fingerprint density at radius 3 is 2.67 bits per heavy atom. The number of aliphatic hydroxyl groups is 1. The highest BCUT2D eigenvalue weighted by atomic mass is 16.3. The van der Waals surface area contributed by atoms with Crippen LogP contribution in [0, 0.1) is 0 Å². The van der Waals surface area contributed by atoms with Crippen molar-refractivity contribution in [2.24, 2.45) is 0 Å². The number of hydrogen-bond acceptors (Lipinski definition) is 2. The maximum absolute atomic E-state index is 12.5. The Morgan fingerprint density at radius 1 is 1.14 bits per heavy atom. The van der Waals surface area contributed by atoms with Crippen LogP contribution in [0.5, 0.6) is 0 Å². The van der Waals surface area contributed by atoms with Gasteiger partial charge in [0, 0.05) is 5.69 Å². The van der Waals surface area contributed by atoms with E-state index < -0.39 is 0 Å². The average molecular weight is 281 g/mol. The van der Waals surface area contributed by atoms with E-state index >= 15 is 0 Å². The minimum Gasteiger partial charge on any atom is -0.392 e. The third-order valence-electron chi connectivity index (χ3n) is 4.09. The quantitative estimate of drug-likeness (QED) is 0.907. The molecule has 0 saturated heterocycles. The molecule has 3 heteroatoms. The van der Waals surface area contributed by atoms with Crippen LogP contribution < -0.4 is 5.32 Å². The topological polar surface area (TPSA) is 49.3 Å². The molecule has 21 heavy (non-hydrogen) atoms. The number of carbonyl (C=O) groups excluding carboxylic acids is 1. The standard InChI is InChI=1S/C18H19NO2/c20-12-13-8-10-15(11-9-13)19-18(21)17-7-3-5-14-4-1-2-6-16(14)17/h1-2,4,6,8-11,17,20H,3,5,7,12H2,(H,19,21). The van der Waals surface area contributed by atoms with Gasteiger partial charge in [-0.05, 0) is 48.1 Å². The zero-order chi connectivity index (χ0) is 14.7. The van der Waals surface area contributed by atoms with Crippen LogP contribution >= 0.6 is 0 Å². The normalized spacial score (nSPS) is 17.1. The fourth-order valence-corrected chi connectivity index (χ4v) is 2.95. The number of nitrogens with one attached hydrogen (secondary N) is 1. The molecule has 3 nitrogen and oxygen atoms in total. The Bertz CT molecular complexity index is 634. The Morgan fingerprint density at radius 2 is 1.90 bits per heavy atom. The molecule has 0 fully saturated rings. The third kappa shape index (κ3) is 2.98. The molecule has 2 aromatic carbocycles. The van der Waals surface area contributed by atoms with E-state index in [1.165, 1.54) is 5.56 Å². The first-order valence-corrected chi connectivity index (χ1v) is 7.36. The fraction of sp³-hybridized carbons (Fsp3) is 0.278. The molecule has 2 N–H and O–H groups in total. The van der Waals surface area contributed by atoms with Crippen LogP contribution in [0.25, 0.3) is 0 Å². The molecule has 1 aliphatic rings. The van der Waals surface area contributed by atoms with Gasteiger partial charge in [-0.15, -0.1) is 0 Å². The van der Waals surface area contributed by atoms with Crippen LogP contribution in [-0.2, 0) is 17.8 Å². The van der Waals surface area contributed by atoms with Gasteiger partial charge in [-0.25, -0.2) is 0 Å². The molecule has 0 heterocycles. The summed E-state index contributed by atoms with van der Waals surface area (Å²) in [6.45, 7) is 0.0181. The van der Waals surface area contributed by atoms with E-state index in [4.69, 9.17) is 5.11 Å². The van der Waals surface area contributed by atoms with Crippen LogP contribution in [0.3, 0.4) is 0 Å². The molecule has 0 aromatic heterocycles. The van der Waals surface area contributed by atoms with E-state index in [9.17, 15) is 4.79 Å². The van der Waals surface area contributed by atoms with Gasteiger partial charge in [-0.3, -0.25) is 4.79 Å². The molecule has 1 aliphatic carbocycles. The second-order valence-corrected chi connectivity index (χ2v) is 5.49. The summed E-state index contributed by atoms with van der Waals surface area (Å²) >= 11 is 0. The third-order valence-corrected chi connectivity index (χ3v) is 4.09. The van der Waals surface area contributed by atoms with Crippen LogP contribution in [0.15, 0.2) is 48.5 Å². The summed E-state index contributed by atoms with van der Waals surface area (Å²) in [5, 5.41) is 12.0. The first-order chi connectivity index (χ1) is 10.3. The van der Waals surface area contributed by atoms with Gasteiger partial charge in [0.05, 0.1) is 12.5 Å². The number of carbonyl (C=O) groups is 1. The summed E-state index contributed by atoms with van der Waals surface area (Å²) in [5.41, 5.74) is 4.07.